The highest BCUT2D eigenvalue weighted by molar-refractivity contribution is 5.30. The van der Waals surface area contributed by atoms with E-state index >= 15 is 0 Å². The summed E-state index contributed by atoms with van der Waals surface area (Å²) >= 11 is 0. The number of rotatable bonds is 5. The fourth-order valence-corrected chi connectivity index (χ4v) is 3.79. The zero-order valence-electron chi connectivity index (χ0n) is 12.0. The van der Waals surface area contributed by atoms with Gasteiger partial charge < -0.3 is 14.8 Å². The van der Waals surface area contributed by atoms with Crippen LogP contribution in [-0.4, -0.2) is 25.4 Å². The van der Waals surface area contributed by atoms with Gasteiger partial charge in [0.1, 0.15) is 5.75 Å². The number of hydrogen-bond donors (Lipinski definition) is 1. The largest absolute Gasteiger partial charge is 0.490 e. The minimum absolute atomic E-state index is 0.403. The third-order valence-corrected chi connectivity index (χ3v) is 4.96. The van der Waals surface area contributed by atoms with Gasteiger partial charge in [0.05, 0.1) is 18.3 Å². The highest BCUT2D eigenvalue weighted by Gasteiger charge is 2.44. The highest BCUT2D eigenvalue weighted by Crippen LogP contribution is 2.44. The van der Waals surface area contributed by atoms with Crippen molar-refractivity contribution in [2.24, 2.45) is 5.92 Å². The SMILES string of the molecule is CNC(c1ccc(OC2CC2)cc1)C1CC2CCC1O2. The molecule has 3 heteroatoms. The smallest absolute Gasteiger partial charge is 0.119 e. The molecule has 1 N–H and O–H groups in total. The maximum absolute atomic E-state index is 6.01. The number of nitrogens with one attached hydrogen (secondary N) is 1. The molecular formula is C17H23NO2. The van der Waals surface area contributed by atoms with Gasteiger partial charge in [-0.2, -0.15) is 0 Å². The molecule has 4 unspecified atom stereocenters. The van der Waals surface area contributed by atoms with Crippen molar-refractivity contribution < 1.29 is 9.47 Å². The van der Waals surface area contributed by atoms with Crippen LogP contribution in [0.25, 0.3) is 0 Å². The van der Waals surface area contributed by atoms with Crippen LogP contribution in [0.2, 0.25) is 0 Å². The fourth-order valence-electron chi connectivity index (χ4n) is 3.79. The summed E-state index contributed by atoms with van der Waals surface area (Å²) in [4.78, 5) is 0. The molecule has 0 amide bonds. The molecule has 2 aliphatic heterocycles. The third kappa shape index (κ3) is 2.33. The Morgan fingerprint density at radius 2 is 1.95 bits per heavy atom. The molecule has 1 aliphatic carbocycles. The number of fused-ring (bicyclic) bond motifs is 2. The van der Waals surface area contributed by atoms with Gasteiger partial charge in [0.25, 0.3) is 0 Å². The number of ether oxygens (including phenoxy) is 2. The highest BCUT2D eigenvalue weighted by atomic mass is 16.5. The molecular weight excluding hydrogens is 250 g/mol. The van der Waals surface area contributed by atoms with Gasteiger partial charge in [-0.05, 0) is 56.8 Å². The van der Waals surface area contributed by atoms with E-state index in [1.807, 2.05) is 0 Å². The summed E-state index contributed by atoms with van der Waals surface area (Å²) in [6.07, 6.45) is 7.56. The van der Waals surface area contributed by atoms with Crippen molar-refractivity contribution >= 4 is 0 Å². The van der Waals surface area contributed by atoms with Crippen LogP contribution in [0.1, 0.15) is 43.7 Å². The summed E-state index contributed by atoms with van der Waals surface area (Å²) in [7, 11) is 2.06. The van der Waals surface area contributed by atoms with Crippen molar-refractivity contribution in [1.29, 1.82) is 0 Å². The van der Waals surface area contributed by atoms with Crippen molar-refractivity contribution in [3.05, 3.63) is 29.8 Å². The molecule has 1 aromatic rings. The minimum Gasteiger partial charge on any atom is -0.490 e. The first kappa shape index (κ1) is 12.7. The van der Waals surface area contributed by atoms with Gasteiger partial charge in [0, 0.05) is 12.0 Å². The molecule has 108 valence electrons. The molecule has 3 nitrogen and oxygen atoms in total. The second-order valence-electron chi connectivity index (χ2n) is 6.43. The van der Waals surface area contributed by atoms with E-state index in [4.69, 9.17) is 9.47 Å². The number of hydrogen-bond acceptors (Lipinski definition) is 3. The van der Waals surface area contributed by atoms with Crippen LogP contribution in [-0.2, 0) is 4.74 Å². The van der Waals surface area contributed by atoms with E-state index in [-0.39, 0.29) is 0 Å². The Hall–Kier alpha value is -1.06. The lowest BCUT2D eigenvalue weighted by atomic mass is 9.81. The minimum atomic E-state index is 0.403. The summed E-state index contributed by atoms with van der Waals surface area (Å²) in [5, 5.41) is 3.50. The van der Waals surface area contributed by atoms with Gasteiger partial charge in [-0.25, -0.2) is 0 Å². The molecule has 0 spiro atoms. The van der Waals surface area contributed by atoms with Crippen LogP contribution in [0.4, 0.5) is 0 Å². The monoisotopic (exact) mass is 273 g/mol. The maximum atomic E-state index is 6.01. The standard InChI is InChI=1S/C17H23NO2/c1-18-17(15-10-14-8-9-16(15)20-14)11-2-4-12(5-3-11)19-13-6-7-13/h2-5,13-18H,6-10H2,1H3. The Morgan fingerprint density at radius 1 is 1.15 bits per heavy atom. The zero-order chi connectivity index (χ0) is 13.5. The molecule has 1 aromatic carbocycles. The third-order valence-electron chi connectivity index (χ3n) is 4.96. The van der Waals surface area contributed by atoms with E-state index in [2.05, 4.69) is 36.6 Å². The van der Waals surface area contributed by atoms with E-state index in [1.54, 1.807) is 0 Å². The van der Waals surface area contributed by atoms with Crippen LogP contribution in [0.5, 0.6) is 5.75 Å². The summed E-state index contributed by atoms with van der Waals surface area (Å²) in [5.74, 6) is 1.63. The Kier molecular flexibility index (Phi) is 3.20. The van der Waals surface area contributed by atoms with E-state index in [0.717, 1.165) is 5.75 Å². The molecule has 0 radical (unpaired) electrons. The molecule has 3 fully saturated rings. The Balaban J connectivity index is 1.49. The molecule has 2 heterocycles. The molecule has 0 aromatic heterocycles. The summed E-state index contributed by atoms with van der Waals surface area (Å²) in [6.45, 7) is 0. The molecule has 4 rings (SSSR count). The summed E-state index contributed by atoms with van der Waals surface area (Å²) < 4.78 is 11.8. The van der Waals surface area contributed by atoms with Crippen LogP contribution >= 0.6 is 0 Å². The quantitative estimate of drug-likeness (QED) is 0.894. The van der Waals surface area contributed by atoms with Crippen molar-refractivity contribution in [2.45, 2.75) is 56.5 Å². The molecule has 3 aliphatic rings. The molecule has 1 saturated carbocycles. The molecule has 4 atom stereocenters. The Morgan fingerprint density at radius 3 is 2.50 bits per heavy atom. The summed E-state index contributed by atoms with van der Waals surface area (Å²) in [6, 6.07) is 9.06. The Bertz CT molecular complexity index is 468. The predicted molar refractivity (Wildman–Crippen MR) is 77.9 cm³/mol. The van der Waals surface area contributed by atoms with E-state index in [9.17, 15) is 0 Å². The fraction of sp³-hybridized carbons (Fsp3) is 0.647. The first-order chi connectivity index (χ1) is 9.83. The van der Waals surface area contributed by atoms with Gasteiger partial charge in [0.2, 0.25) is 0 Å². The predicted octanol–water partition coefficient (Wildman–Crippen LogP) is 3.06. The van der Waals surface area contributed by atoms with E-state index in [1.165, 1.54) is 37.7 Å². The van der Waals surface area contributed by atoms with Crippen molar-refractivity contribution in [1.82, 2.24) is 5.32 Å². The average Bonchev–Trinajstić information content (AvgIpc) is 3.04. The lowest BCUT2D eigenvalue weighted by molar-refractivity contribution is 0.0863. The van der Waals surface area contributed by atoms with Crippen molar-refractivity contribution in [3.8, 4) is 5.75 Å². The average molecular weight is 273 g/mol. The number of benzene rings is 1. The maximum Gasteiger partial charge on any atom is 0.119 e. The van der Waals surface area contributed by atoms with Gasteiger partial charge in [-0.3, -0.25) is 0 Å². The molecule has 20 heavy (non-hydrogen) atoms. The van der Waals surface area contributed by atoms with Gasteiger partial charge >= 0.3 is 0 Å². The molecule has 2 saturated heterocycles. The van der Waals surface area contributed by atoms with Crippen molar-refractivity contribution in [3.63, 3.8) is 0 Å². The van der Waals surface area contributed by atoms with Crippen LogP contribution in [0, 0.1) is 5.92 Å². The summed E-state index contributed by atoms with van der Waals surface area (Å²) in [5.41, 5.74) is 1.36. The van der Waals surface area contributed by atoms with E-state index < -0.39 is 0 Å². The van der Waals surface area contributed by atoms with Crippen LogP contribution < -0.4 is 10.1 Å². The lowest BCUT2D eigenvalue weighted by Gasteiger charge is -2.28. The van der Waals surface area contributed by atoms with Crippen LogP contribution in [0.15, 0.2) is 24.3 Å². The second-order valence-corrected chi connectivity index (χ2v) is 6.43. The second kappa shape index (κ2) is 5.05. The topological polar surface area (TPSA) is 30.5 Å². The Labute approximate surface area is 120 Å². The van der Waals surface area contributed by atoms with E-state index in [0.29, 0.717) is 30.3 Å². The first-order valence-electron chi connectivity index (χ1n) is 7.93. The lowest BCUT2D eigenvalue weighted by Crippen LogP contribution is -2.31. The van der Waals surface area contributed by atoms with Gasteiger partial charge in [-0.1, -0.05) is 12.1 Å². The van der Waals surface area contributed by atoms with Crippen molar-refractivity contribution in [2.75, 3.05) is 7.05 Å². The van der Waals surface area contributed by atoms with Gasteiger partial charge in [-0.15, -0.1) is 0 Å². The van der Waals surface area contributed by atoms with Crippen LogP contribution in [0.3, 0.4) is 0 Å². The molecule has 2 bridgehead atoms. The first-order valence-corrected chi connectivity index (χ1v) is 7.93. The normalized spacial score (nSPS) is 33.4. The van der Waals surface area contributed by atoms with Gasteiger partial charge in [0.15, 0.2) is 0 Å². The zero-order valence-corrected chi connectivity index (χ0v) is 12.0.